The number of allylic oxidation sites excluding steroid dienone is 4. The van der Waals surface area contributed by atoms with Crippen LogP contribution in [-0.2, 0) is 44.5 Å². The molecule has 87 heavy (non-hydrogen) atoms. The zero-order valence-electron chi connectivity index (χ0n) is 52.2. The fraction of sp³-hybridized carbons (Fsp3) is 0.333. The van der Waals surface area contributed by atoms with Crippen LogP contribution in [0.5, 0.6) is 0 Å². The number of carboxylic acid groups (broad SMARTS) is 2. The van der Waals surface area contributed by atoms with Crippen molar-refractivity contribution in [2.45, 2.75) is 156 Å². The highest BCUT2D eigenvalue weighted by atomic mass is 16.4. The third-order valence-corrected chi connectivity index (χ3v) is 18.4. The number of carbonyl (C=O) groups excluding carboxylic acids is 1. The number of benzene rings is 8. The average Bonchev–Trinajstić information content (AvgIpc) is 1.74. The summed E-state index contributed by atoms with van der Waals surface area (Å²) >= 11 is 0. The van der Waals surface area contributed by atoms with Crippen LogP contribution >= 0.6 is 0 Å². The zero-order chi connectivity index (χ0) is 61.6. The Morgan fingerprint density at radius 2 is 1.14 bits per heavy atom. The van der Waals surface area contributed by atoms with Crippen molar-refractivity contribution in [1.82, 2.24) is 0 Å². The van der Waals surface area contributed by atoms with Gasteiger partial charge in [-0.15, -0.1) is 0 Å². The maximum absolute atomic E-state index is 14.8. The lowest BCUT2D eigenvalue weighted by atomic mass is 9.76. The first kappa shape index (κ1) is 61.4. The monoisotopic (exact) mass is 1160 g/mol. The van der Waals surface area contributed by atoms with E-state index in [1.165, 1.54) is 62.5 Å². The summed E-state index contributed by atoms with van der Waals surface area (Å²) in [5, 5.41) is 37.1. The number of anilines is 5. The second-order valence-corrected chi connectivity index (χ2v) is 25.2. The first-order valence-corrected chi connectivity index (χ1v) is 31.6. The van der Waals surface area contributed by atoms with Gasteiger partial charge in [-0.05, 0) is 137 Å². The lowest BCUT2D eigenvalue weighted by molar-refractivity contribution is -0.137. The molecule has 0 aromatic heterocycles. The Labute approximate surface area is 515 Å². The van der Waals surface area contributed by atoms with E-state index in [2.05, 4.69) is 197 Å². The van der Waals surface area contributed by atoms with Crippen LogP contribution in [0.2, 0.25) is 0 Å². The van der Waals surface area contributed by atoms with Gasteiger partial charge in [0.1, 0.15) is 6.07 Å². The number of aryl methyl sites for hydroxylation is 2. The number of aliphatic carboxylic acids is 2. The molecular weight excluding hydrogens is 1070 g/mol. The molecule has 0 bridgehead atoms. The van der Waals surface area contributed by atoms with Crippen molar-refractivity contribution in [3.63, 3.8) is 0 Å². The molecular formula is C78H84N4O5. The van der Waals surface area contributed by atoms with E-state index in [-0.39, 0.29) is 43.2 Å². The summed E-state index contributed by atoms with van der Waals surface area (Å²) in [4.78, 5) is 46.1. The molecule has 2 aliphatic heterocycles. The van der Waals surface area contributed by atoms with Gasteiger partial charge in [-0.25, -0.2) is 0 Å². The molecule has 0 saturated carbocycles. The molecule has 2 N–H and O–H groups in total. The minimum atomic E-state index is -0.895. The standard InChI is InChI=1S/C78H84N4O5/c1-9-11-13-15-23-54-31-37-59(38-32-54)82(60-39-33-55(34-40-60)24-16-14-12-10-2)73-64-29-21-19-27-62(64)66(63-28-20-22-30-65(63)73)50-58(51-79)70(83)49-56-35-42-69-68(48-56)78(7,8)75(80(69)45-43-71(84)85)52(3)47-53(4)76-77(5,6)67-41-36-57-25-17-18-26-61(57)74(67)81(76)46-44-72(86)87/h17-22,25-42,47-48,50,75H,9-16,23-24,43-46,49H2,1-8H3,(H,84,85)(H,86,87)/b52-47+,58-50+,76-53+. The van der Waals surface area contributed by atoms with Gasteiger partial charge in [0.2, 0.25) is 0 Å². The predicted molar refractivity (Wildman–Crippen MR) is 360 cm³/mol. The Hall–Kier alpha value is -8.74. The molecule has 0 saturated heterocycles. The summed E-state index contributed by atoms with van der Waals surface area (Å²) in [5.74, 6) is -2.06. The van der Waals surface area contributed by atoms with Crippen molar-refractivity contribution < 1.29 is 24.6 Å². The van der Waals surface area contributed by atoms with Crippen LogP contribution in [0.1, 0.15) is 153 Å². The second-order valence-electron chi connectivity index (χ2n) is 25.2. The molecule has 2 aliphatic rings. The van der Waals surface area contributed by atoms with Gasteiger partial charge in [0.25, 0.3) is 0 Å². The van der Waals surface area contributed by atoms with E-state index in [4.69, 9.17) is 0 Å². The van der Waals surface area contributed by atoms with Crippen molar-refractivity contribution in [1.29, 1.82) is 5.26 Å². The minimum absolute atomic E-state index is 0.00992. The van der Waals surface area contributed by atoms with Crippen LogP contribution in [0, 0.1) is 11.3 Å². The number of Topliss-reactive ketones (excluding diaryl/α,β-unsaturated/α-hetero) is 1. The molecule has 0 aliphatic carbocycles. The van der Waals surface area contributed by atoms with Crippen molar-refractivity contribution in [3.8, 4) is 6.07 Å². The number of nitriles is 1. The molecule has 8 aromatic rings. The Morgan fingerprint density at radius 1 is 0.609 bits per heavy atom. The first-order chi connectivity index (χ1) is 42.0. The van der Waals surface area contributed by atoms with Crippen LogP contribution in [0.4, 0.5) is 28.4 Å². The normalized spacial score (nSPS) is 15.9. The van der Waals surface area contributed by atoms with E-state index in [1.54, 1.807) is 6.08 Å². The van der Waals surface area contributed by atoms with Gasteiger partial charge >= 0.3 is 11.9 Å². The number of hydrogen-bond donors (Lipinski definition) is 2. The van der Waals surface area contributed by atoms with E-state index in [0.717, 1.165) is 113 Å². The van der Waals surface area contributed by atoms with E-state index in [9.17, 15) is 29.9 Å². The SMILES string of the molecule is CCCCCCc1ccc(N(c2ccc(CCCCCC)cc2)c2c3ccccc3c(/C=C(\C#N)C(=O)Cc3ccc4c(c3)C(C)(C)C(/C(C)=C/C(C)=C3/N(CCC(=O)O)c5c(ccc6ccccc56)C3(C)C)N4CCC(=O)O)c3ccccc23)cc1. The molecule has 0 fully saturated rings. The number of hydrogen-bond acceptors (Lipinski definition) is 7. The summed E-state index contributed by atoms with van der Waals surface area (Å²) < 4.78 is 0. The number of rotatable bonds is 25. The molecule has 446 valence electrons. The molecule has 0 radical (unpaired) electrons. The van der Waals surface area contributed by atoms with Crippen LogP contribution in [0.15, 0.2) is 180 Å². The van der Waals surface area contributed by atoms with Crippen molar-refractivity contribution in [2.75, 3.05) is 27.8 Å². The largest absolute Gasteiger partial charge is 0.481 e. The van der Waals surface area contributed by atoms with Crippen molar-refractivity contribution in [3.05, 3.63) is 214 Å². The molecule has 2 heterocycles. The molecule has 1 unspecified atom stereocenters. The fourth-order valence-electron chi connectivity index (χ4n) is 14.3. The molecule has 1 atom stereocenters. The molecule has 9 nitrogen and oxygen atoms in total. The maximum Gasteiger partial charge on any atom is 0.305 e. The highest BCUT2D eigenvalue weighted by molar-refractivity contribution is 6.20. The van der Waals surface area contributed by atoms with Crippen LogP contribution < -0.4 is 14.7 Å². The quantitative estimate of drug-likeness (QED) is 0.0249. The Morgan fingerprint density at radius 3 is 1.69 bits per heavy atom. The highest BCUT2D eigenvalue weighted by Crippen LogP contribution is 2.54. The van der Waals surface area contributed by atoms with E-state index in [0.29, 0.717) is 6.54 Å². The molecule has 0 amide bonds. The molecule has 8 aromatic carbocycles. The lowest BCUT2D eigenvalue weighted by Gasteiger charge is -2.36. The second kappa shape index (κ2) is 26.5. The highest BCUT2D eigenvalue weighted by Gasteiger charge is 2.47. The van der Waals surface area contributed by atoms with Gasteiger partial charge in [0.05, 0.1) is 35.8 Å². The fourth-order valence-corrected chi connectivity index (χ4v) is 14.3. The maximum atomic E-state index is 14.8. The van der Waals surface area contributed by atoms with Gasteiger partial charge in [0.15, 0.2) is 5.78 Å². The van der Waals surface area contributed by atoms with E-state index < -0.39 is 22.8 Å². The molecule has 9 heteroatoms. The van der Waals surface area contributed by atoms with Gasteiger partial charge in [-0.2, -0.15) is 5.26 Å². The summed E-state index contributed by atoms with van der Waals surface area (Å²) in [5.41, 5.74) is 13.5. The van der Waals surface area contributed by atoms with Crippen LogP contribution in [0.25, 0.3) is 38.4 Å². The van der Waals surface area contributed by atoms with E-state index in [1.807, 2.05) is 36.4 Å². The number of fused-ring (bicyclic) bond motifs is 6. The number of ketones is 1. The minimum Gasteiger partial charge on any atom is -0.481 e. The molecule has 0 spiro atoms. The third-order valence-electron chi connectivity index (χ3n) is 18.4. The smallest absolute Gasteiger partial charge is 0.305 e. The summed E-state index contributed by atoms with van der Waals surface area (Å²) in [6, 6.07) is 55.5. The number of carboxylic acids is 2. The summed E-state index contributed by atoms with van der Waals surface area (Å²) in [6.07, 6.45) is 15.7. The Kier molecular flexibility index (Phi) is 18.7. The van der Waals surface area contributed by atoms with Gasteiger partial charge in [-0.3, -0.25) is 14.4 Å². The van der Waals surface area contributed by atoms with Crippen LogP contribution in [-0.4, -0.2) is 47.1 Å². The van der Waals surface area contributed by atoms with Crippen molar-refractivity contribution >= 4 is 84.6 Å². The van der Waals surface area contributed by atoms with Crippen LogP contribution in [0.3, 0.4) is 0 Å². The molecule has 10 rings (SSSR count). The summed E-state index contributed by atoms with van der Waals surface area (Å²) in [6.45, 7) is 18.0. The summed E-state index contributed by atoms with van der Waals surface area (Å²) in [7, 11) is 0. The number of carbonyl (C=O) groups is 3. The topological polar surface area (TPSA) is 125 Å². The Balaban J connectivity index is 0.998. The van der Waals surface area contributed by atoms with Gasteiger partial charge in [-0.1, -0.05) is 207 Å². The lowest BCUT2D eigenvalue weighted by Crippen LogP contribution is -2.43. The zero-order valence-corrected chi connectivity index (χ0v) is 52.2. The predicted octanol–water partition coefficient (Wildman–Crippen LogP) is 19.0. The number of nitrogens with zero attached hydrogens (tertiary/aromatic N) is 4. The van der Waals surface area contributed by atoms with Gasteiger partial charge < -0.3 is 24.9 Å². The number of unbranched alkanes of at least 4 members (excludes halogenated alkanes) is 6. The third kappa shape index (κ3) is 12.6. The first-order valence-electron chi connectivity index (χ1n) is 31.6. The van der Waals surface area contributed by atoms with Gasteiger partial charge in [0, 0.05) is 69.3 Å². The average molecular weight is 1160 g/mol. The van der Waals surface area contributed by atoms with Crippen molar-refractivity contribution in [2.24, 2.45) is 0 Å². The Bertz CT molecular complexity index is 3910. The van der Waals surface area contributed by atoms with E-state index >= 15 is 0 Å².